The summed E-state index contributed by atoms with van der Waals surface area (Å²) >= 11 is 0. The minimum Gasteiger partial charge on any atom is -0.339 e. The Hall–Kier alpha value is -2.90. The lowest BCUT2D eigenvalue weighted by Gasteiger charge is -2.34. The van der Waals surface area contributed by atoms with Crippen LogP contribution in [0, 0.1) is 0 Å². The van der Waals surface area contributed by atoms with E-state index in [1.807, 2.05) is 0 Å². The van der Waals surface area contributed by atoms with Crippen molar-refractivity contribution >= 4 is 23.8 Å². The number of carbonyl (C=O) groups is 4. The van der Waals surface area contributed by atoms with E-state index in [1.165, 1.54) is 6.92 Å². The summed E-state index contributed by atoms with van der Waals surface area (Å²) in [6.45, 7) is 3.81. The van der Waals surface area contributed by atoms with Crippen LogP contribution in [0.1, 0.15) is 27.6 Å². The van der Waals surface area contributed by atoms with Crippen molar-refractivity contribution in [2.24, 2.45) is 0 Å². The number of hydrogen-bond acceptors (Lipinski definition) is 4. The smallest absolute Gasteiger partial charge is 0.317 e. The second-order valence-corrected chi connectivity index (χ2v) is 6.03. The first kappa shape index (κ1) is 16.9. The maximum absolute atomic E-state index is 12.2. The zero-order chi connectivity index (χ0) is 18.0. The third-order valence-electron chi connectivity index (χ3n) is 4.50. The van der Waals surface area contributed by atoms with Crippen molar-refractivity contribution in [1.82, 2.24) is 20.0 Å². The van der Waals surface area contributed by atoms with E-state index in [9.17, 15) is 19.2 Å². The second kappa shape index (κ2) is 6.92. The molecule has 0 spiro atoms. The Morgan fingerprint density at radius 2 is 1.48 bits per heavy atom. The third-order valence-corrected chi connectivity index (χ3v) is 4.50. The van der Waals surface area contributed by atoms with Gasteiger partial charge >= 0.3 is 6.03 Å². The van der Waals surface area contributed by atoms with Crippen molar-refractivity contribution in [3.8, 4) is 0 Å². The summed E-state index contributed by atoms with van der Waals surface area (Å²) < 4.78 is 0. The van der Waals surface area contributed by atoms with Gasteiger partial charge in [0, 0.05) is 46.2 Å². The lowest BCUT2D eigenvalue weighted by atomic mass is 10.1. The highest BCUT2D eigenvalue weighted by Gasteiger charge is 2.34. The molecule has 1 saturated heterocycles. The predicted molar refractivity (Wildman–Crippen MR) is 89.0 cm³/mol. The van der Waals surface area contributed by atoms with Gasteiger partial charge in [-0.3, -0.25) is 19.3 Å². The molecule has 0 aromatic heterocycles. The number of urea groups is 1. The zero-order valence-electron chi connectivity index (χ0n) is 14.0. The summed E-state index contributed by atoms with van der Waals surface area (Å²) in [6.07, 6.45) is 0. The first-order valence-corrected chi connectivity index (χ1v) is 8.22. The fourth-order valence-electron chi connectivity index (χ4n) is 3.05. The molecule has 8 heteroatoms. The van der Waals surface area contributed by atoms with Gasteiger partial charge in [0.1, 0.15) is 0 Å². The average Bonchev–Trinajstić information content (AvgIpc) is 2.87. The van der Waals surface area contributed by atoms with Gasteiger partial charge < -0.3 is 15.1 Å². The number of fused-ring (bicyclic) bond motifs is 1. The van der Waals surface area contributed by atoms with Crippen molar-refractivity contribution in [2.45, 2.75) is 6.92 Å². The molecular formula is C17H20N4O4. The van der Waals surface area contributed by atoms with Crippen LogP contribution in [0.2, 0.25) is 0 Å². The minimum absolute atomic E-state index is 0.00526. The van der Waals surface area contributed by atoms with Gasteiger partial charge in [-0.05, 0) is 12.1 Å². The van der Waals surface area contributed by atoms with E-state index in [2.05, 4.69) is 5.32 Å². The maximum Gasteiger partial charge on any atom is 0.317 e. The minimum atomic E-state index is -0.329. The first-order chi connectivity index (χ1) is 12.0. The molecule has 3 rings (SSSR count). The van der Waals surface area contributed by atoms with E-state index in [0.29, 0.717) is 37.3 Å². The van der Waals surface area contributed by atoms with Gasteiger partial charge in [0.15, 0.2) is 0 Å². The highest BCUT2D eigenvalue weighted by Crippen LogP contribution is 2.21. The van der Waals surface area contributed by atoms with E-state index in [-0.39, 0.29) is 36.8 Å². The van der Waals surface area contributed by atoms with Gasteiger partial charge in [0.05, 0.1) is 11.1 Å². The zero-order valence-corrected chi connectivity index (χ0v) is 14.0. The van der Waals surface area contributed by atoms with Crippen molar-refractivity contribution in [3.63, 3.8) is 0 Å². The summed E-state index contributed by atoms with van der Waals surface area (Å²) in [5, 5.41) is 2.73. The largest absolute Gasteiger partial charge is 0.339 e. The normalized spacial score (nSPS) is 16.9. The number of rotatable bonds is 3. The van der Waals surface area contributed by atoms with Gasteiger partial charge in [0.25, 0.3) is 11.8 Å². The van der Waals surface area contributed by atoms with Crippen LogP contribution in [-0.4, -0.2) is 77.7 Å². The molecule has 2 aliphatic rings. The van der Waals surface area contributed by atoms with Crippen molar-refractivity contribution in [3.05, 3.63) is 35.4 Å². The lowest BCUT2D eigenvalue weighted by Crippen LogP contribution is -2.53. The van der Waals surface area contributed by atoms with Crippen LogP contribution in [0.3, 0.4) is 0 Å². The van der Waals surface area contributed by atoms with Gasteiger partial charge in [-0.15, -0.1) is 0 Å². The Balaban J connectivity index is 1.48. The number of amides is 5. The van der Waals surface area contributed by atoms with Crippen molar-refractivity contribution < 1.29 is 19.2 Å². The monoisotopic (exact) mass is 344 g/mol. The molecule has 2 aliphatic heterocycles. The number of nitrogens with one attached hydrogen (secondary N) is 1. The molecule has 0 aliphatic carbocycles. The number of piperazine rings is 1. The van der Waals surface area contributed by atoms with Gasteiger partial charge in [-0.25, -0.2) is 4.79 Å². The highest BCUT2D eigenvalue weighted by atomic mass is 16.2. The summed E-state index contributed by atoms with van der Waals surface area (Å²) in [4.78, 5) is 52.4. The number of benzene rings is 1. The molecule has 132 valence electrons. The van der Waals surface area contributed by atoms with Crippen molar-refractivity contribution in [2.75, 3.05) is 39.3 Å². The van der Waals surface area contributed by atoms with Crippen LogP contribution in [-0.2, 0) is 4.79 Å². The number of imide groups is 1. The van der Waals surface area contributed by atoms with E-state index in [1.54, 1.807) is 34.1 Å². The molecule has 0 unspecified atom stereocenters. The van der Waals surface area contributed by atoms with Crippen LogP contribution >= 0.6 is 0 Å². The van der Waals surface area contributed by atoms with Crippen molar-refractivity contribution in [1.29, 1.82) is 0 Å². The molecule has 0 radical (unpaired) electrons. The van der Waals surface area contributed by atoms with Gasteiger partial charge in [0.2, 0.25) is 5.91 Å². The maximum atomic E-state index is 12.2. The van der Waals surface area contributed by atoms with Crippen LogP contribution in [0.15, 0.2) is 24.3 Å². The molecule has 0 bridgehead atoms. The topological polar surface area (TPSA) is 90.0 Å². The molecule has 1 N–H and O–H groups in total. The quantitative estimate of drug-likeness (QED) is 0.791. The lowest BCUT2D eigenvalue weighted by molar-refractivity contribution is -0.130. The molecule has 5 amide bonds. The summed E-state index contributed by atoms with van der Waals surface area (Å²) in [5.41, 5.74) is 0.804. The molecule has 0 atom stereocenters. The van der Waals surface area contributed by atoms with Gasteiger partial charge in [-0.1, -0.05) is 12.1 Å². The third kappa shape index (κ3) is 3.33. The molecule has 8 nitrogen and oxygen atoms in total. The van der Waals surface area contributed by atoms with Gasteiger partial charge in [-0.2, -0.15) is 0 Å². The summed E-state index contributed by atoms with van der Waals surface area (Å²) in [6, 6.07) is 6.44. The predicted octanol–water partition coefficient (Wildman–Crippen LogP) is 0.156. The SMILES string of the molecule is CC(=O)N1CCN(C(=O)NCCN2C(=O)c3ccccc3C2=O)CC1. The summed E-state index contributed by atoms with van der Waals surface area (Å²) in [5.74, 6) is -0.652. The Labute approximate surface area is 145 Å². The van der Waals surface area contributed by atoms with E-state index >= 15 is 0 Å². The fourth-order valence-corrected chi connectivity index (χ4v) is 3.05. The van der Waals surface area contributed by atoms with Crippen LogP contribution in [0.25, 0.3) is 0 Å². The molecule has 0 saturated carbocycles. The van der Waals surface area contributed by atoms with Crippen LogP contribution in [0.4, 0.5) is 4.79 Å². The van der Waals surface area contributed by atoms with Crippen LogP contribution in [0.5, 0.6) is 0 Å². The fraction of sp³-hybridized carbons (Fsp3) is 0.412. The molecule has 1 aromatic carbocycles. The molecule has 25 heavy (non-hydrogen) atoms. The number of carbonyl (C=O) groups excluding carboxylic acids is 4. The first-order valence-electron chi connectivity index (χ1n) is 8.22. The Morgan fingerprint density at radius 1 is 0.960 bits per heavy atom. The highest BCUT2D eigenvalue weighted by molar-refractivity contribution is 6.21. The Bertz CT molecular complexity index is 690. The Morgan fingerprint density at radius 3 is 2.00 bits per heavy atom. The van der Waals surface area contributed by atoms with Crippen LogP contribution < -0.4 is 5.32 Å². The second-order valence-electron chi connectivity index (χ2n) is 6.03. The molecule has 1 fully saturated rings. The standard InChI is InChI=1S/C17H20N4O4/c1-12(22)19-8-10-20(11-9-19)17(25)18-6-7-21-15(23)13-4-2-3-5-14(13)16(21)24/h2-5H,6-11H2,1H3,(H,18,25). The molecule has 1 aromatic rings. The number of hydrogen-bond donors (Lipinski definition) is 1. The molecular weight excluding hydrogens is 324 g/mol. The average molecular weight is 344 g/mol. The van der Waals surface area contributed by atoms with E-state index < -0.39 is 0 Å². The summed E-state index contributed by atoms with van der Waals surface area (Å²) in [7, 11) is 0. The number of nitrogens with zero attached hydrogens (tertiary/aromatic N) is 3. The van der Waals surface area contributed by atoms with E-state index in [4.69, 9.17) is 0 Å². The molecule has 2 heterocycles. The Kier molecular flexibility index (Phi) is 4.69. The van der Waals surface area contributed by atoms with E-state index in [0.717, 1.165) is 4.90 Å².